The number of thioether (sulfide) groups is 1. The summed E-state index contributed by atoms with van der Waals surface area (Å²) in [5.74, 6) is -2.41. The molecule has 3 fully saturated rings. The van der Waals surface area contributed by atoms with E-state index in [0.29, 0.717) is 31.0 Å². The molecule has 5 N–H and O–H groups in total. The number of carbonyl (C=O) groups excluding carboxylic acids is 3. The molecule has 15 heteroatoms. The molecule has 1 aromatic rings. The number of aromatic nitrogens is 4. The van der Waals surface area contributed by atoms with E-state index in [-0.39, 0.29) is 59.3 Å². The van der Waals surface area contributed by atoms with Crippen molar-refractivity contribution in [2.45, 2.75) is 69.1 Å². The maximum atomic E-state index is 13.1. The van der Waals surface area contributed by atoms with Crippen LogP contribution in [0, 0.1) is 11.8 Å². The van der Waals surface area contributed by atoms with Crippen LogP contribution >= 0.6 is 11.8 Å². The van der Waals surface area contributed by atoms with E-state index in [1.54, 1.807) is 6.92 Å². The van der Waals surface area contributed by atoms with Crippen LogP contribution in [0.25, 0.3) is 0 Å². The minimum absolute atomic E-state index is 0.0178. The SMILES string of the molecule is C[C@@H](NC(=O)Cn1cnnn1)[C@H]1C(=O)N2C(C(=O)O)=C(S[C@@H]3CN[C@H](CC(=O)N4CC[C@@H](N)C4)C3)[C@H](C)[C@H]12. The highest BCUT2D eigenvalue weighted by atomic mass is 32.2. The highest BCUT2D eigenvalue weighted by Gasteiger charge is 2.60. The van der Waals surface area contributed by atoms with Crippen LogP contribution in [-0.4, -0.2) is 108 Å². The van der Waals surface area contributed by atoms with E-state index in [2.05, 4.69) is 26.2 Å². The van der Waals surface area contributed by atoms with Gasteiger partial charge in [-0.15, -0.1) is 16.9 Å². The fourth-order valence-electron chi connectivity index (χ4n) is 6.05. The molecule has 0 unspecified atom stereocenters. The largest absolute Gasteiger partial charge is 0.477 e. The Kier molecular flexibility index (Phi) is 7.42. The van der Waals surface area contributed by atoms with Gasteiger partial charge in [-0.25, -0.2) is 9.48 Å². The molecule has 38 heavy (non-hydrogen) atoms. The molecule has 4 aliphatic heterocycles. The number of nitrogens with one attached hydrogen (secondary N) is 2. The Hall–Kier alpha value is -3.04. The van der Waals surface area contributed by atoms with E-state index < -0.39 is 17.9 Å². The molecule has 7 atom stereocenters. The number of amides is 3. The minimum Gasteiger partial charge on any atom is -0.477 e. The molecule has 5 heterocycles. The van der Waals surface area contributed by atoms with Crippen molar-refractivity contribution in [1.82, 2.24) is 40.6 Å². The number of carbonyl (C=O) groups is 4. The van der Waals surface area contributed by atoms with Gasteiger partial charge in [-0.1, -0.05) is 6.92 Å². The lowest BCUT2D eigenvalue weighted by Gasteiger charge is -2.47. The molecule has 0 aromatic carbocycles. The van der Waals surface area contributed by atoms with Gasteiger partial charge >= 0.3 is 5.97 Å². The molecule has 0 spiro atoms. The van der Waals surface area contributed by atoms with Crippen LogP contribution in [0.3, 0.4) is 0 Å². The third-order valence-corrected chi connectivity index (χ3v) is 9.40. The Morgan fingerprint density at radius 2 is 2.16 bits per heavy atom. The molecule has 0 bridgehead atoms. The lowest BCUT2D eigenvalue weighted by molar-refractivity contribution is -0.158. The van der Waals surface area contributed by atoms with Crippen molar-refractivity contribution >= 4 is 35.5 Å². The third kappa shape index (κ3) is 5.01. The van der Waals surface area contributed by atoms with Crippen molar-refractivity contribution in [3.05, 3.63) is 16.9 Å². The van der Waals surface area contributed by atoms with Crippen LogP contribution in [0.4, 0.5) is 0 Å². The highest BCUT2D eigenvalue weighted by molar-refractivity contribution is 8.03. The zero-order valence-corrected chi connectivity index (χ0v) is 22.1. The molecule has 0 aliphatic carbocycles. The number of aliphatic carboxylic acids is 1. The molecule has 1 aromatic heterocycles. The topological polar surface area (TPSA) is 189 Å². The Labute approximate surface area is 223 Å². The van der Waals surface area contributed by atoms with E-state index in [9.17, 15) is 24.3 Å². The molecule has 5 rings (SSSR count). The number of likely N-dealkylation sites (tertiary alicyclic amines) is 1. The average Bonchev–Trinajstić information content (AvgIpc) is 3.64. The first-order valence-corrected chi connectivity index (χ1v) is 13.8. The first-order chi connectivity index (χ1) is 18.1. The lowest BCUT2D eigenvalue weighted by Crippen LogP contribution is -2.66. The lowest BCUT2D eigenvalue weighted by atomic mass is 9.78. The third-order valence-electron chi connectivity index (χ3n) is 7.89. The molecule has 4 aliphatic rings. The number of carboxylic acid groups (broad SMARTS) is 1. The molecule has 3 amide bonds. The number of fused-ring (bicyclic) bond motifs is 1. The Morgan fingerprint density at radius 1 is 1.37 bits per heavy atom. The maximum Gasteiger partial charge on any atom is 0.353 e. The number of tetrazole rings is 1. The first-order valence-electron chi connectivity index (χ1n) is 12.9. The highest BCUT2D eigenvalue weighted by Crippen LogP contribution is 2.51. The molecule has 0 saturated carbocycles. The van der Waals surface area contributed by atoms with Gasteiger partial charge in [-0.2, -0.15) is 0 Å². The van der Waals surface area contributed by atoms with Crippen LogP contribution in [0.5, 0.6) is 0 Å². The second-order valence-corrected chi connectivity index (χ2v) is 11.9. The summed E-state index contributed by atoms with van der Waals surface area (Å²) in [6, 6.07) is -0.769. The van der Waals surface area contributed by atoms with Gasteiger partial charge in [0.25, 0.3) is 0 Å². The van der Waals surface area contributed by atoms with Crippen molar-refractivity contribution < 1.29 is 24.3 Å². The molecule has 14 nitrogen and oxygen atoms in total. The van der Waals surface area contributed by atoms with E-state index in [1.165, 1.54) is 27.7 Å². The average molecular weight is 548 g/mol. The predicted molar refractivity (Wildman–Crippen MR) is 135 cm³/mol. The van der Waals surface area contributed by atoms with Gasteiger partial charge in [0.2, 0.25) is 17.7 Å². The van der Waals surface area contributed by atoms with Crippen molar-refractivity contribution in [1.29, 1.82) is 0 Å². The van der Waals surface area contributed by atoms with Crippen LogP contribution < -0.4 is 16.4 Å². The summed E-state index contributed by atoms with van der Waals surface area (Å²) >= 11 is 1.49. The molecular formula is C23H33N9O5S. The van der Waals surface area contributed by atoms with Gasteiger partial charge in [0.05, 0.1) is 12.0 Å². The second-order valence-electron chi connectivity index (χ2n) is 10.6. The number of hydrogen-bond donors (Lipinski definition) is 4. The summed E-state index contributed by atoms with van der Waals surface area (Å²) in [5.41, 5.74) is 5.96. The van der Waals surface area contributed by atoms with Crippen LogP contribution in [0.2, 0.25) is 0 Å². The van der Waals surface area contributed by atoms with Gasteiger partial charge in [-0.05, 0) is 30.2 Å². The van der Waals surface area contributed by atoms with E-state index in [0.717, 1.165) is 12.8 Å². The summed E-state index contributed by atoms with van der Waals surface area (Å²) in [6.45, 7) is 5.55. The summed E-state index contributed by atoms with van der Waals surface area (Å²) in [6.07, 6.45) is 3.27. The number of β-lactam (4-membered cyclic amide) rings is 1. The molecular weight excluding hydrogens is 514 g/mol. The smallest absolute Gasteiger partial charge is 0.353 e. The van der Waals surface area contributed by atoms with E-state index >= 15 is 0 Å². The fourth-order valence-corrected chi connectivity index (χ4v) is 7.57. The monoisotopic (exact) mass is 547 g/mol. The summed E-state index contributed by atoms with van der Waals surface area (Å²) in [7, 11) is 0. The summed E-state index contributed by atoms with van der Waals surface area (Å²) in [4.78, 5) is 54.3. The first kappa shape index (κ1) is 26.6. The van der Waals surface area contributed by atoms with E-state index in [4.69, 9.17) is 5.73 Å². The summed E-state index contributed by atoms with van der Waals surface area (Å²) < 4.78 is 1.28. The van der Waals surface area contributed by atoms with E-state index in [1.807, 2.05) is 11.8 Å². The van der Waals surface area contributed by atoms with Gasteiger partial charge in [-0.3, -0.25) is 14.4 Å². The van der Waals surface area contributed by atoms with Gasteiger partial charge in [0.1, 0.15) is 18.6 Å². The van der Waals surface area contributed by atoms with Crippen LogP contribution in [-0.2, 0) is 25.7 Å². The second kappa shape index (κ2) is 10.6. The number of carboxylic acids is 1. The fraction of sp³-hybridized carbons (Fsp3) is 0.696. The Bertz CT molecular complexity index is 1140. The zero-order valence-electron chi connectivity index (χ0n) is 21.3. The summed E-state index contributed by atoms with van der Waals surface area (Å²) in [5, 5.41) is 27.0. The number of nitrogens with two attached hydrogens (primary N) is 1. The van der Waals surface area contributed by atoms with Gasteiger partial charge in [0, 0.05) is 60.3 Å². The standard InChI is InChI=1S/C23H33N9O5S/c1-11-19-18(12(2)27-16(33)9-31-10-26-28-29-31)22(35)32(19)20(23(36)37)21(11)38-15-5-14(25-7-15)6-17(34)30-4-3-13(24)8-30/h10-15,18-19,25H,3-9,24H2,1-2H3,(H,27,33)(H,36,37)/t11-,12-,13-,14+,15+,18-,19-/m1/s1. The van der Waals surface area contributed by atoms with Crippen molar-refractivity contribution in [3.63, 3.8) is 0 Å². The molecule has 0 radical (unpaired) electrons. The quantitative estimate of drug-likeness (QED) is 0.260. The Morgan fingerprint density at radius 3 is 2.82 bits per heavy atom. The van der Waals surface area contributed by atoms with Crippen molar-refractivity contribution in [2.24, 2.45) is 17.6 Å². The van der Waals surface area contributed by atoms with Crippen LogP contribution in [0.1, 0.15) is 33.1 Å². The van der Waals surface area contributed by atoms with Gasteiger partial charge in [0.15, 0.2) is 0 Å². The van der Waals surface area contributed by atoms with Crippen molar-refractivity contribution in [2.75, 3.05) is 19.6 Å². The maximum absolute atomic E-state index is 13.1. The molecule has 206 valence electrons. The van der Waals surface area contributed by atoms with Crippen LogP contribution in [0.15, 0.2) is 16.9 Å². The number of nitrogens with zero attached hydrogens (tertiary/aromatic N) is 6. The number of hydrogen-bond acceptors (Lipinski definition) is 10. The zero-order chi connectivity index (χ0) is 27.1. The predicted octanol–water partition coefficient (Wildman–Crippen LogP) is -1.64. The van der Waals surface area contributed by atoms with Crippen molar-refractivity contribution in [3.8, 4) is 0 Å². The number of rotatable bonds is 9. The normalized spacial score (nSPS) is 31.4. The Balaban J connectivity index is 1.20. The molecule has 3 saturated heterocycles. The van der Waals surface area contributed by atoms with Gasteiger partial charge < -0.3 is 31.3 Å². The minimum atomic E-state index is -1.13.